The van der Waals surface area contributed by atoms with Crippen molar-refractivity contribution in [2.24, 2.45) is 0 Å². The molecule has 0 aliphatic heterocycles. The first-order valence-electron chi connectivity index (χ1n) is 5.32. The van der Waals surface area contributed by atoms with Gasteiger partial charge in [0.25, 0.3) is 0 Å². The second-order valence-electron chi connectivity index (χ2n) is 3.94. The normalized spacial score (nSPS) is 10.5. The molecule has 100 valence electrons. The highest BCUT2D eigenvalue weighted by Gasteiger charge is 2.15. The van der Waals surface area contributed by atoms with E-state index >= 15 is 0 Å². The number of carbonyl (C=O) groups is 1. The number of carboxylic acids is 1. The molecule has 0 unspecified atom stereocenters. The van der Waals surface area contributed by atoms with Crippen LogP contribution in [0.3, 0.4) is 0 Å². The fourth-order valence-electron chi connectivity index (χ4n) is 1.51. The number of hydrogen-bond donors (Lipinski definition) is 2. The Hall–Kier alpha value is -1.30. The number of thiazole rings is 1. The summed E-state index contributed by atoms with van der Waals surface area (Å²) in [5.74, 6) is -0.990. The van der Waals surface area contributed by atoms with Gasteiger partial charge in [-0.05, 0) is 31.5 Å². The summed E-state index contributed by atoms with van der Waals surface area (Å²) < 4.78 is 0. The van der Waals surface area contributed by atoms with E-state index in [2.05, 4.69) is 10.3 Å². The zero-order valence-electron chi connectivity index (χ0n) is 10.1. The maximum absolute atomic E-state index is 10.9. The predicted molar refractivity (Wildman–Crippen MR) is 78.3 cm³/mol. The van der Waals surface area contributed by atoms with Crippen molar-refractivity contribution in [3.8, 4) is 0 Å². The van der Waals surface area contributed by atoms with E-state index in [1.165, 1.54) is 0 Å². The summed E-state index contributed by atoms with van der Waals surface area (Å²) in [5, 5.41) is 13.5. The molecule has 0 aliphatic rings. The molecule has 2 N–H and O–H groups in total. The maximum atomic E-state index is 10.9. The number of nitrogens with zero attached hydrogens (tertiary/aromatic N) is 1. The second kappa shape index (κ2) is 5.36. The third-order valence-corrected chi connectivity index (χ3v) is 4.26. The van der Waals surface area contributed by atoms with Crippen LogP contribution in [0.15, 0.2) is 12.1 Å². The Morgan fingerprint density at radius 1 is 1.32 bits per heavy atom. The van der Waals surface area contributed by atoms with E-state index in [4.69, 9.17) is 28.3 Å². The van der Waals surface area contributed by atoms with E-state index in [0.717, 1.165) is 16.9 Å². The van der Waals surface area contributed by atoms with Gasteiger partial charge in [-0.1, -0.05) is 34.5 Å². The first kappa shape index (κ1) is 14.1. The lowest BCUT2D eigenvalue weighted by Crippen LogP contribution is -1.94. The van der Waals surface area contributed by atoms with Crippen molar-refractivity contribution in [2.75, 3.05) is 5.32 Å². The molecule has 1 aromatic carbocycles. The van der Waals surface area contributed by atoms with Crippen molar-refractivity contribution in [3.05, 3.63) is 38.3 Å². The van der Waals surface area contributed by atoms with E-state index in [-0.39, 0.29) is 4.88 Å². The largest absolute Gasteiger partial charge is 0.477 e. The molecule has 4 nitrogen and oxygen atoms in total. The van der Waals surface area contributed by atoms with Gasteiger partial charge in [-0.15, -0.1) is 0 Å². The minimum absolute atomic E-state index is 0.205. The molecule has 0 saturated carbocycles. The van der Waals surface area contributed by atoms with Crippen LogP contribution in [0, 0.1) is 13.8 Å². The minimum atomic E-state index is -0.990. The number of hydrogen-bond acceptors (Lipinski definition) is 4. The molecule has 0 amide bonds. The predicted octanol–water partition coefficient (Wildman–Crippen LogP) is 4.51. The zero-order valence-corrected chi connectivity index (χ0v) is 12.4. The fourth-order valence-corrected chi connectivity index (χ4v) is 2.75. The molecule has 0 spiro atoms. The van der Waals surface area contributed by atoms with Gasteiger partial charge in [0, 0.05) is 5.02 Å². The van der Waals surface area contributed by atoms with Crippen molar-refractivity contribution in [1.82, 2.24) is 4.98 Å². The molecule has 2 aromatic rings. The number of aromatic nitrogens is 1. The number of nitrogens with one attached hydrogen (secondary N) is 1. The first-order valence-corrected chi connectivity index (χ1v) is 6.89. The number of carboxylic acid groups (broad SMARTS) is 1. The highest BCUT2D eigenvalue weighted by Crippen LogP contribution is 2.33. The summed E-state index contributed by atoms with van der Waals surface area (Å²) >= 11 is 13.2. The monoisotopic (exact) mass is 316 g/mol. The molecule has 1 heterocycles. The fraction of sp³-hybridized carbons (Fsp3) is 0.167. The molecular weight excluding hydrogens is 307 g/mol. The topological polar surface area (TPSA) is 62.2 Å². The third-order valence-electron chi connectivity index (χ3n) is 2.48. The average molecular weight is 317 g/mol. The van der Waals surface area contributed by atoms with Crippen molar-refractivity contribution in [2.45, 2.75) is 13.8 Å². The van der Waals surface area contributed by atoms with Gasteiger partial charge in [0.1, 0.15) is 4.88 Å². The third kappa shape index (κ3) is 3.00. The van der Waals surface area contributed by atoms with Gasteiger partial charge in [-0.25, -0.2) is 9.78 Å². The van der Waals surface area contributed by atoms with Gasteiger partial charge in [0.15, 0.2) is 5.13 Å². The minimum Gasteiger partial charge on any atom is -0.477 e. The summed E-state index contributed by atoms with van der Waals surface area (Å²) in [7, 11) is 0. The highest BCUT2D eigenvalue weighted by atomic mass is 35.5. The Balaban J connectivity index is 2.34. The molecule has 0 bridgehead atoms. The van der Waals surface area contributed by atoms with Crippen LogP contribution < -0.4 is 5.32 Å². The van der Waals surface area contributed by atoms with Crippen molar-refractivity contribution in [3.63, 3.8) is 0 Å². The van der Waals surface area contributed by atoms with E-state index in [0.29, 0.717) is 26.6 Å². The lowest BCUT2D eigenvalue weighted by atomic mass is 10.2. The number of halogens is 2. The number of aromatic carboxylic acids is 1. The van der Waals surface area contributed by atoms with Gasteiger partial charge >= 0.3 is 5.97 Å². The van der Waals surface area contributed by atoms with Crippen LogP contribution in [0.1, 0.15) is 20.9 Å². The van der Waals surface area contributed by atoms with Gasteiger partial charge in [-0.2, -0.15) is 0 Å². The van der Waals surface area contributed by atoms with Crippen LogP contribution in [0.25, 0.3) is 0 Å². The summed E-state index contributed by atoms with van der Waals surface area (Å²) in [5.41, 5.74) is 1.94. The number of rotatable bonds is 3. The first-order chi connectivity index (χ1) is 8.88. The Morgan fingerprint density at radius 3 is 2.58 bits per heavy atom. The zero-order chi connectivity index (χ0) is 14.2. The van der Waals surface area contributed by atoms with Crippen LogP contribution in [-0.2, 0) is 0 Å². The number of aryl methyl sites for hydroxylation is 2. The molecule has 7 heteroatoms. The highest BCUT2D eigenvalue weighted by molar-refractivity contribution is 7.17. The molecule has 0 aliphatic carbocycles. The Morgan fingerprint density at radius 2 is 2.00 bits per heavy atom. The Bertz CT molecular complexity index is 655. The quantitative estimate of drug-likeness (QED) is 0.874. The summed E-state index contributed by atoms with van der Waals surface area (Å²) in [6, 6.07) is 3.43. The SMILES string of the molecule is Cc1cc(Cl)c(Nc2nc(C)c(C(=O)O)s2)cc1Cl. The smallest absolute Gasteiger partial charge is 0.347 e. The summed E-state index contributed by atoms with van der Waals surface area (Å²) in [6.45, 7) is 3.50. The van der Waals surface area contributed by atoms with E-state index in [1.54, 1.807) is 19.1 Å². The van der Waals surface area contributed by atoms with Gasteiger partial charge in [-0.3, -0.25) is 0 Å². The van der Waals surface area contributed by atoms with Crippen LogP contribution >= 0.6 is 34.5 Å². The van der Waals surface area contributed by atoms with Crippen LogP contribution in [-0.4, -0.2) is 16.1 Å². The van der Waals surface area contributed by atoms with Gasteiger partial charge < -0.3 is 10.4 Å². The molecule has 0 saturated heterocycles. The Labute approximate surface area is 124 Å². The second-order valence-corrected chi connectivity index (χ2v) is 5.76. The lowest BCUT2D eigenvalue weighted by Gasteiger charge is -2.07. The number of anilines is 2. The van der Waals surface area contributed by atoms with E-state index < -0.39 is 5.97 Å². The maximum Gasteiger partial charge on any atom is 0.347 e. The molecule has 1 aromatic heterocycles. The molecule has 0 atom stereocenters. The molecule has 2 rings (SSSR count). The van der Waals surface area contributed by atoms with Crippen LogP contribution in [0.4, 0.5) is 10.8 Å². The summed E-state index contributed by atoms with van der Waals surface area (Å²) in [6.07, 6.45) is 0. The standard InChI is InChI=1S/C12H10Cl2N2O2S/c1-5-3-8(14)9(4-7(5)13)16-12-15-6(2)10(19-12)11(17)18/h3-4H,1-2H3,(H,15,16)(H,17,18). The molecule has 19 heavy (non-hydrogen) atoms. The van der Waals surface area contributed by atoms with Crippen molar-refractivity contribution >= 4 is 51.3 Å². The van der Waals surface area contributed by atoms with Gasteiger partial charge in [0.2, 0.25) is 0 Å². The summed E-state index contributed by atoms with van der Waals surface area (Å²) in [4.78, 5) is 15.3. The van der Waals surface area contributed by atoms with E-state index in [9.17, 15) is 4.79 Å². The molecular formula is C12H10Cl2N2O2S. The number of benzene rings is 1. The van der Waals surface area contributed by atoms with Crippen molar-refractivity contribution < 1.29 is 9.90 Å². The lowest BCUT2D eigenvalue weighted by molar-refractivity contribution is 0.0701. The molecule has 0 fully saturated rings. The Kier molecular flexibility index (Phi) is 3.99. The van der Waals surface area contributed by atoms with Crippen LogP contribution in [0.2, 0.25) is 10.0 Å². The van der Waals surface area contributed by atoms with Crippen molar-refractivity contribution in [1.29, 1.82) is 0 Å². The van der Waals surface area contributed by atoms with E-state index in [1.807, 2.05) is 6.92 Å². The average Bonchev–Trinajstić information content (AvgIpc) is 2.67. The molecule has 0 radical (unpaired) electrons. The van der Waals surface area contributed by atoms with Gasteiger partial charge in [0.05, 0.1) is 16.4 Å². The van der Waals surface area contributed by atoms with Crippen LogP contribution in [0.5, 0.6) is 0 Å².